The van der Waals surface area contributed by atoms with E-state index in [1.165, 1.54) is 23.7 Å². The Bertz CT molecular complexity index is 746. The quantitative estimate of drug-likeness (QED) is 0.688. The van der Waals surface area contributed by atoms with Gasteiger partial charge in [0.15, 0.2) is 11.6 Å². The zero-order chi connectivity index (χ0) is 19.9. The molecule has 5 nitrogen and oxygen atoms in total. The van der Waals surface area contributed by atoms with E-state index in [9.17, 15) is 8.78 Å². The number of nitrogens with two attached hydrogens (primary N) is 1. The summed E-state index contributed by atoms with van der Waals surface area (Å²) in [5, 5.41) is 0.977. The summed E-state index contributed by atoms with van der Waals surface area (Å²) in [5.74, 6) is -0.427. The molecule has 0 amide bonds. The molecule has 1 atom stereocenters. The number of anilines is 1. The first-order valence-electron chi connectivity index (χ1n) is 10.1. The van der Waals surface area contributed by atoms with Gasteiger partial charge in [0.2, 0.25) is 5.13 Å². The molecule has 2 N–H and O–H groups in total. The fourth-order valence-corrected chi connectivity index (χ4v) is 4.27. The normalized spacial score (nSPS) is 16.5. The highest BCUT2D eigenvalue weighted by atomic mass is 32.1. The topological polar surface area (TPSA) is 58.3 Å². The van der Waals surface area contributed by atoms with Crippen LogP contribution in [0.3, 0.4) is 0 Å². The Hall–Kier alpha value is -1.64. The van der Waals surface area contributed by atoms with Gasteiger partial charge in [0, 0.05) is 56.7 Å². The Morgan fingerprint density at radius 3 is 2.64 bits per heavy atom. The lowest BCUT2D eigenvalue weighted by Gasteiger charge is -2.34. The van der Waals surface area contributed by atoms with E-state index in [1.807, 2.05) is 0 Å². The SMILES string of the molecule is CCCCC(CN)c1nsc(N2CCN(CCc3ccc(F)c(F)c3)CC2)n1. The third kappa shape index (κ3) is 5.46. The molecule has 0 spiro atoms. The number of halogens is 2. The minimum Gasteiger partial charge on any atom is -0.344 e. The van der Waals surface area contributed by atoms with Gasteiger partial charge in [-0.05, 0) is 30.5 Å². The van der Waals surface area contributed by atoms with Crippen LogP contribution < -0.4 is 10.6 Å². The summed E-state index contributed by atoms with van der Waals surface area (Å²) in [7, 11) is 0. The maximum atomic E-state index is 13.3. The number of hydrogen-bond acceptors (Lipinski definition) is 6. The minimum atomic E-state index is -0.791. The maximum Gasteiger partial charge on any atom is 0.205 e. The molecule has 28 heavy (non-hydrogen) atoms. The van der Waals surface area contributed by atoms with Gasteiger partial charge in [0.25, 0.3) is 0 Å². The van der Waals surface area contributed by atoms with Gasteiger partial charge >= 0.3 is 0 Å². The van der Waals surface area contributed by atoms with Gasteiger partial charge in [-0.15, -0.1) is 0 Å². The van der Waals surface area contributed by atoms with Gasteiger partial charge in [-0.2, -0.15) is 4.37 Å². The van der Waals surface area contributed by atoms with Crippen molar-refractivity contribution in [2.24, 2.45) is 5.73 Å². The molecule has 0 aliphatic carbocycles. The Labute approximate surface area is 169 Å². The van der Waals surface area contributed by atoms with Gasteiger partial charge in [-0.25, -0.2) is 13.8 Å². The molecule has 8 heteroatoms. The second-order valence-corrected chi connectivity index (χ2v) is 8.07. The van der Waals surface area contributed by atoms with E-state index in [4.69, 9.17) is 10.7 Å². The number of piperazine rings is 1. The predicted octanol–water partition coefficient (Wildman–Crippen LogP) is 3.41. The zero-order valence-corrected chi connectivity index (χ0v) is 17.2. The minimum absolute atomic E-state index is 0.252. The molecule has 154 valence electrons. The third-order valence-electron chi connectivity index (χ3n) is 5.33. The van der Waals surface area contributed by atoms with Crippen LogP contribution in [0, 0.1) is 11.6 Å². The Morgan fingerprint density at radius 2 is 1.96 bits per heavy atom. The molecular formula is C20H29F2N5S. The van der Waals surface area contributed by atoms with Crippen molar-refractivity contribution < 1.29 is 8.78 Å². The number of aromatic nitrogens is 2. The number of benzene rings is 1. The van der Waals surface area contributed by atoms with Crippen LogP contribution in [-0.4, -0.2) is 53.5 Å². The van der Waals surface area contributed by atoms with Gasteiger partial charge in [-0.1, -0.05) is 25.8 Å². The lowest BCUT2D eigenvalue weighted by Crippen LogP contribution is -2.47. The monoisotopic (exact) mass is 409 g/mol. The number of nitrogens with zero attached hydrogens (tertiary/aromatic N) is 4. The van der Waals surface area contributed by atoms with Gasteiger partial charge < -0.3 is 10.6 Å². The van der Waals surface area contributed by atoms with Crippen molar-refractivity contribution in [2.45, 2.75) is 38.5 Å². The molecule has 1 saturated heterocycles. The lowest BCUT2D eigenvalue weighted by molar-refractivity contribution is 0.261. The van der Waals surface area contributed by atoms with Gasteiger partial charge in [0.05, 0.1) is 0 Å². The van der Waals surface area contributed by atoms with E-state index >= 15 is 0 Å². The molecule has 1 unspecified atom stereocenters. The largest absolute Gasteiger partial charge is 0.344 e. The van der Waals surface area contributed by atoms with Crippen LogP contribution in [0.4, 0.5) is 13.9 Å². The number of hydrogen-bond donors (Lipinski definition) is 1. The predicted molar refractivity (Wildman–Crippen MR) is 110 cm³/mol. The standard InChI is InChI=1S/C20H29F2N5S/c1-2-3-4-16(14-23)19-24-20(28-25-19)27-11-9-26(10-12-27)8-7-15-5-6-17(21)18(22)13-15/h5-6,13,16H,2-4,7-12,14,23H2,1H3. The maximum absolute atomic E-state index is 13.3. The van der Waals surface area contributed by atoms with Crippen LogP contribution in [-0.2, 0) is 6.42 Å². The van der Waals surface area contributed by atoms with Crippen LogP contribution in [0.1, 0.15) is 43.5 Å². The Kier molecular flexibility index (Phi) is 7.70. The summed E-state index contributed by atoms with van der Waals surface area (Å²) < 4.78 is 30.9. The van der Waals surface area contributed by atoms with E-state index in [0.29, 0.717) is 6.54 Å². The van der Waals surface area contributed by atoms with Gasteiger partial charge in [-0.3, -0.25) is 4.90 Å². The smallest absolute Gasteiger partial charge is 0.205 e. The van der Waals surface area contributed by atoms with E-state index in [2.05, 4.69) is 21.1 Å². The first-order chi connectivity index (χ1) is 13.6. The van der Waals surface area contributed by atoms with Crippen LogP contribution >= 0.6 is 11.5 Å². The van der Waals surface area contributed by atoms with Crippen molar-refractivity contribution >= 4 is 16.7 Å². The summed E-state index contributed by atoms with van der Waals surface area (Å²) >= 11 is 1.46. The summed E-state index contributed by atoms with van der Waals surface area (Å²) in [6.07, 6.45) is 4.06. The number of unbranched alkanes of at least 4 members (excludes halogenated alkanes) is 1. The van der Waals surface area contributed by atoms with Crippen molar-refractivity contribution in [2.75, 3.05) is 44.2 Å². The highest BCUT2D eigenvalue weighted by Crippen LogP contribution is 2.25. The second-order valence-electron chi connectivity index (χ2n) is 7.34. The van der Waals surface area contributed by atoms with E-state index in [0.717, 1.165) is 74.9 Å². The molecule has 0 saturated carbocycles. The fourth-order valence-electron chi connectivity index (χ4n) is 3.47. The van der Waals surface area contributed by atoms with Crippen molar-refractivity contribution in [3.8, 4) is 0 Å². The molecule has 3 rings (SSSR count). The first kappa shape index (κ1) is 21.1. The Morgan fingerprint density at radius 1 is 1.18 bits per heavy atom. The average molecular weight is 410 g/mol. The average Bonchev–Trinajstić information content (AvgIpc) is 3.20. The van der Waals surface area contributed by atoms with Crippen LogP contribution in [0.15, 0.2) is 18.2 Å². The second kappa shape index (κ2) is 10.2. The van der Waals surface area contributed by atoms with Crippen molar-refractivity contribution in [1.82, 2.24) is 14.3 Å². The molecule has 1 fully saturated rings. The summed E-state index contributed by atoms with van der Waals surface area (Å²) in [4.78, 5) is 9.38. The summed E-state index contributed by atoms with van der Waals surface area (Å²) in [5.41, 5.74) is 6.74. The van der Waals surface area contributed by atoms with Crippen molar-refractivity contribution in [3.63, 3.8) is 0 Å². The summed E-state index contributed by atoms with van der Waals surface area (Å²) in [6, 6.07) is 4.15. The molecule has 0 bridgehead atoms. The first-order valence-corrected chi connectivity index (χ1v) is 10.8. The zero-order valence-electron chi connectivity index (χ0n) is 16.4. The van der Waals surface area contributed by atoms with Crippen molar-refractivity contribution in [1.29, 1.82) is 0 Å². The molecule has 1 aromatic heterocycles. The van der Waals surface area contributed by atoms with E-state index in [1.54, 1.807) is 6.07 Å². The van der Waals surface area contributed by atoms with Gasteiger partial charge in [0.1, 0.15) is 5.82 Å². The lowest BCUT2D eigenvalue weighted by atomic mass is 10.0. The molecule has 1 aromatic carbocycles. The number of rotatable bonds is 9. The fraction of sp³-hybridized carbons (Fsp3) is 0.600. The van der Waals surface area contributed by atoms with E-state index < -0.39 is 11.6 Å². The van der Waals surface area contributed by atoms with E-state index in [-0.39, 0.29) is 5.92 Å². The highest BCUT2D eigenvalue weighted by Gasteiger charge is 2.22. The third-order valence-corrected chi connectivity index (χ3v) is 6.12. The molecular weight excluding hydrogens is 380 g/mol. The van der Waals surface area contributed by atoms with Crippen molar-refractivity contribution in [3.05, 3.63) is 41.2 Å². The molecule has 2 heterocycles. The highest BCUT2D eigenvalue weighted by molar-refractivity contribution is 7.09. The molecule has 0 radical (unpaired) electrons. The van der Waals surface area contributed by atoms with Crippen LogP contribution in [0.25, 0.3) is 0 Å². The van der Waals surface area contributed by atoms with Crippen LogP contribution in [0.5, 0.6) is 0 Å². The molecule has 1 aliphatic rings. The Balaban J connectivity index is 1.48. The summed E-state index contributed by atoms with van der Waals surface area (Å²) in [6.45, 7) is 7.26. The molecule has 1 aliphatic heterocycles. The molecule has 2 aromatic rings. The van der Waals surface area contributed by atoms with Crippen LogP contribution in [0.2, 0.25) is 0 Å².